The first kappa shape index (κ1) is 21.1. The fourth-order valence-electron chi connectivity index (χ4n) is 2.50. The number of aliphatic hydroxyl groups is 1. The maximum absolute atomic E-state index is 10.5. The van der Waals surface area contributed by atoms with E-state index in [-0.39, 0.29) is 6.42 Å². The van der Waals surface area contributed by atoms with Gasteiger partial charge >= 0.3 is 0 Å². The smallest absolute Gasteiger partial charge is 0.0807 e. The average Bonchev–Trinajstić information content (AvgIpc) is 2.42. The summed E-state index contributed by atoms with van der Waals surface area (Å²) >= 11 is 0. The van der Waals surface area contributed by atoms with Gasteiger partial charge in [0.1, 0.15) is 0 Å². The molecule has 0 saturated heterocycles. The van der Waals surface area contributed by atoms with E-state index in [9.17, 15) is 14.4 Å². The van der Waals surface area contributed by atoms with Crippen LogP contribution in [0.1, 0.15) is 96.8 Å². The molecule has 0 radical (unpaired) electrons. The fourth-order valence-corrected chi connectivity index (χ4v) is 3.00. The van der Waals surface area contributed by atoms with Gasteiger partial charge in [-0.3, -0.25) is 0 Å². The highest BCUT2D eigenvalue weighted by atomic mass is 31.2. The van der Waals surface area contributed by atoms with Crippen molar-refractivity contribution < 1.29 is 19.5 Å². The minimum absolute atomic E-state index is 0.0854. The first-order valence-corrected chi connectivity index (χ1v) is 10.3. The molecule has 0 bridgehead atoms. The lowest BCUT2D eigenvalue weighted by Crippen LogP contribution is -2.25. The molecule has 0 spiro atoms. The van der Waals surface area contributed by atoms with Gasteiger partial charge in [0.25, 0.3) is 0 Å². The maximum Gasteiger partial charge on any atom is 0.0807 e. The lowest BCUT2D eigenvalue weighted by Gasteiger charge is -2.34. The van der Waals surface area contributed by atoms with Crippen LogP contribution in [-0.2, 0) is 4.57 Å². The van der Waals surface area contributed by atoms with Crippen LogP contribution in [-0.4, -0.2) is 11.0 Å². The van der Waals surface area contributed by atoms with Crippen molar-refractivity contribution in [2.75, 3.05) is 0 Å². The van der Waals surface area contributed by atoms with Gasteiger partial charge in [-0.05, 0) is 14.0 Å². The van der Waals surface area contributed by atoms with Crippen molar-refractivity contribution in [3.8, 4) is 0 Å². The van der Waals surface area contributed by atoms with Crippen molar-refractivity contribution in [1.82, 2.24) is 0 Å². The van der Waals surface area contributed by atoms with Crippen LogP contribution in [0.3, 0.4) is 0 Å². The van der Waals surface area contributed by atoms with E-state index >= 15 is 0 Å². The lowest BCUT2D eigenvalue weighted by molar-refractivity contribution is -0.322. The van der Waals surface area contributed by atoms with Crippen LogP contribution in [0.15, 0.2) is 0 Å². The third kappa shape index (κ3) is 14.8. The minimum atomic E-state index is -4.79. The van der Waals surface area contributed by atoms with Crippen LogP contribution in [0.4, 0.5) is 0 Å². The number of hydrogen-bond donors (Lipinski definition) is 1. The zero-order chi connectivity index (χ0) is 16.0. The molecule has 128 valence electrons. The van der Waals surface area contributed by atoms with Gasteiger partial charge in [0, 0.05) is 0 Å². The summed E-state index contributed by atoms with van der Waals surface area (Å²) in [5, 5.41) is 9.07. The van der Waals surface area contributed by atoms with Gasteiger partial charge in [0.05, 0.1) is 5.85 Å². The Labute approximate surface area is 130 Å². The maximum atomic E-state index is 10.5. The molecule has 4 nitrogen and oxygen atoms in total. The Morgan fingerprint density at radius 3 is 1.43 bits per heavy atom. The Morgan fingerprint density at radius 2 is 1.10 bits per heavy atom. The molecular weight excluding hydrogens is 287 g/mol. The van der Waals surface area contributed by atoms with Crippen molar-refractivity contribution in [3.63, 3.8) is 0 Å². The number of aliphatic hydroxyl groups excluding tert-OH is 1. The monoisotopic (exact) mass is 320 g/mol. The van der Waals surface area contributed by atoms with Crippen molar-refractivity contribution in [2.45, 2.75) is 103 Å². The van der Waals surface area contributed by atoms with Crippen molar-refractivity contribution >= 4 is 7.60 Å². The Balaban J connectivity index is 3.14. The molecular formula is C16H33O4P-2. The van der Waals surface area contributed by atoms with E-state index in [0.717, 1.165) is 12.8 Å². The minimum Gasteiger partial charge on any atom is -0.809 e. The van der Waals surface area contributed by atoms with E-state index in [2.05, 4.69) is 6.92 Å². The summed E-state index contributed by atoms with van der Waals surface area (Å²) in [6.07, 6.45) is 15.8. The van der Waals surface area contributed by atoms with Crippen LogP contribution in [0, 0.1) is 0 Å². The van der Waals surface area contributed by atoms with Gasteiger partial charge in [-0.2, -0.15) is 0 Å². The van der Waals surface area contributed by atoms with Crippen molar-refractivity contribution in [1.29, 1.82) is 0 Å². The highest BCUT2D eigenvalue weighted by Crippen LogP contribution is 2.32. The zero-order valence-electron chi connectivity index (χ0n) is 13.6. The zero-order valence-corrected chi connectivity index (χ0v) is 14.5. The quantitative estimate of drug-likeness (QED) is 0.368. The molecule has 0 heterocycles. The summed E-state index contributed by atoms with van der Waals surface area (Å²) in [7, 11) is -4.79. The molecule has 1 unspecified atom stereocenters. The van der Waals surface area contributed by atoms with Crippen LogP contribution in [0.25, 0.3) is 0 Å². The van der Waals surface area contributed by atoms with E-state index in [4.69, 9.17) is 5.11 Å². The van der Waals surface area contributed by atoms with Gasteiger partial charge in [-0.1, -0.05) is 90.4 Å². The number of hydrogen-bond acceptors (Lipinski definition) is 4. The summed E-state index contributed by atoms with van der Waals surface area (Å²) < 4.78 is 10.5. The number of rotatable bonds is 15. The molecule has 0 saturated carbocycles. The van der Waals surface area contributed by atoms with Crippen LogP contribution in [0.2, 0.25) is 0 Å². The summed E-state index contributed by atoms with van der Waals surface area (Å²) in [5.41, 5.74) is 0. The van der Waals surface area contributed by atoms with Crippen LogP contribution >= 0.6 is 7.60 Å². The molecule has 1 atom stereocenters. The van der Waals surface area contributed by atoms with Gasteiger partial charge in [0.2, 0.25) is 0 Å². The van der Waals surface area contributed by atoms with Gasteiger partial charge in [-0.25, -0.2) is 0 Å². The first-order chi connectivity index (χ1) is 9.98. The second kappa shape index (κ2) is 13.8. The third-order valence-electron chi connectivity index (χ3n) is 3.93. The Kier molecular flexibility index (Phi) is 13.8. The molecule has 0 fully saturated rings. The molecule has 0 amide bonds. The molecule has 0 aromatic heterocycles. The average molecular weight is 320 g/mol. The van der Waals surface area contributed by atoms with Crippen LogP contribution < -0.4 is 9.79 Å². The normalized spacial score (nSPS) is 13.5. The Hall–Kier alpha value is 0.110. The fraction of sp³-hybridized carbons (Fsp3) is 1.00. The van der Waals surface area contributed by atoms with Crippen molar-refractivity contribution in [2.24, 2.45) is 0 Å². The predicted molar refractivity (Wildman–Crippen MR) is 83.9 cm³/mol. The van der Waals surface area contributed by atoms with E-state index in [0.29, 0.717) is 6.42 Å². The first-order valence-electron chi connectivity index (χ1n) is 8.68. The molecule has 0 aliphatic carbocycles. The van der Waals surface area contributed by atoms with E-state index in [1.54, 1.807) is 0 Å². The highest BCUT2D eigenvalue weighted by molar-refractivity contribution is 7.49. The molecule has 0 aromatic carbocycles. The summed E-state index contributed by atoms with van der Waals surface area (Å²) in [5.74, 6) is -1.69. The van der Waals surface area contributed by atoms with Crippen molar-refractivity contribution in [3.05, 3.63) is 0 Å². The summed E-state index contributed by atoms with van der Waals surface area (Å²) in [6.45, 7) is 2.24. The molecule has 0 aromatic rings. The van der Waals surface area contributed by atoms with Crippen LogP contribution in [0.5, 0.6) is 0 Å². The standard InChI is InChI=1S/C16H35O4P/c1-2-3-4-5-6-7-8-9-10-11-12-13-14-15-16(17)21(18,19)20/h16-17H,2-15H2,1H3,(H2,18,19,20)/p-2. The van der Waals surface area contributed by atoms with Gasteiger partial charge in [0.15, 0.2) is 0 Å². The highest BCUT2D eigenvalue weighted by Gasteiger charge is 2.07. The molecule has 0 aliphatic rings. The summed E-state index contributed by atoms with van der Waals surface area (Å²) in [4.78, 5) is 21.0. The lowest BCUT2D eigenvalue weighted by atomic mass is 10.0. The molecule has 1 N–H and O–H groups in total. The topological polar surface area (TPSA) is 83.4 Å². The Morgan fingerprint density at radius 1 is 0.762 bits per heavy atom. The second-order valence-electron chi connectivity index (χ2n) is 6.05. The molecule has 0 rings (SSSR count). The van der Waals surface area contributed by atoms with E-state index in [1.807, 2.05) is 0 Å². The van der Waals surface area contributed by atoms with Gasteiger partial charge < -0.3 is 19.5 Å². The van der Waals surface area contributed by atoms with Gasteiger partial charge in [-0.15, -0.1) is 0 Å². The largest absolute Gasteiger partial charge is 0.809 e. The number of unbranched alkanes of at least 4 members (excludes halogenated alkanes) is 12. The van der Waals surface area contributed by atoms with E-state index in [1.165, 1.54) is 64.2 Å². The molecule has 5 heteroatoms. The SMILES string of the molecule is CCCCCCCCCCCCCCCC(O)P(=O)([O-])[O-]. The van der Waals surface area contributed by atoms with E-state index < -0.39 is 13.4 Å². The third-order valence-corrected chi connectivity index (χ3v) is 4.92. The molecule has 21 heavy (non-hydrogen) atoms. The Bertz CT molecular complexity index is 265. The second-order valence-corrected chi connectivity index (χ2v) is 7.73. The molecule has 0 aliphatic heterocycles. The predicted octanol–water partition coefficient (Wildman–Crippen LogP) is 3.70. The summed E-state index contributed by atoms with van der Waals surface area (Å²) in [6, 6.07) is 0.